The van der Waals surface area contributed by atoms with Gasteiger partial charge in [0, 0.05) is 12.1 Å². The van der Waals surface area contributed by atoms with E-state index in [0.717, 1.165) is 17.0 Å². The molecule has 0 radical (unpaired) electrons. The van der Waals surface area contributed by atoms with Gasteiger partial charge in [0.1, 0.15) is 11.6 Å². The van der Waals surface area contributed by atoms with Crippen LogP contribution in [0.25, 0.3) is 11.0 Å². The Kier molecular flexibility index (Phi) is 3.22. The van der Waals surface area contributed by atoms with Crippen molar-refractivity contribution in [3.05, 3.63) is 46.9 Å². The molecule has 6 heteroatoms. The van der Waals surface area contributed by atoms with Crippen molar-refractivity contribution in [2.24, 2.45) is 0 Å². The number of rotatable bonds is 3. The van der Waals surface area contributed by atoms with E-state index in [1.54, 1.807) is 13.0 Å². The third-order valence-corrected chi connectivity index (χ3v) is 3.46. The Morgan fingerprint density at radius 3 is 2.75 bits per heavy atom. The third kappa shape index (κ3) is 2.18. The largest absolute Gasteiger partial charge is 0.359 e. The van der Waals surface area contributed by atoms with Gasteiger partial charge in [0.25, 0.3) is 0 Å². The zero-order chi connectivity index (χ0) is 14.3. The number of aromatic nitrogens is 3. The molecule has 0 bridgehead atoms. The second kappa shape index (κ2) is 4.90. The van der Waals surface area contributed by atoms with Crippen LogP contribution >= 0.6 is 11.6 Å². The molecule has 0 saturated carbocycles. The first-order chi connectivity index (χ1) is 9.58. The predicted octanol–water partition coefficient (Wildman–Crippen LogP) is 3.57. The van der Waals surface area contributed by atoms with Crippen LogP contribution in [0.5, 0.6) is 0 Å². The molecule has 0 amide bonds. The molecule has 20 heavy (non-hydrogen) atoms. The van der Waals surface area contributed by atoms with Crippen molar-refractivity contribution in [1.29, 1.82) is 0 Å². The monoisotopic (exact) mass is 293 g/mol. The number of fused-ring (bicyclic) bond motifs is 1. The van der Waals surface area contributed by atoms with Crippen molar-refractivity contribution < 1.29 is 8.91 Å². The molecule has 0 aliphatic heterocycles. The molecule has 0 spiro atoms. The maximum Gasteiger partial charge on any atom is 0.156 e. The van der Waals surface area contributed by atoms with E-state index in [2.05, 4.69) is 10.1 Å². The quantitative estimate of drug-likeness (QED) is 0.693. The second-order valence-electron chi connectivity index (χ2n) is 4.77. The molecule has 2 heterocycles. The van der Waals surface area contributed by atoms with Crippen molar-refractivity contribution in [2.45, 2.75) is 26.3 Å². The minimum absolute atomic E-state index is 0.252. The van der Waals surface area contributed by atoms with Crippen LogP contribution < -0.4 is 0 Å². The molecule has 1 aromatic carbocycles. The fraction of sp³-hybridized carbons (Fsp3) is 0.286. The highest BCUT2D eigenvalue weighted by molar-refractivity contribution is 6.16. The summed E-state index contributed by atoms with van der Waals surface area (Å²) in [6.07, 6.45) is 0. The molecule has 0 aliphatic rings. The van der Waals surface area contributed by atoms with E-state index in [9.17, 15) is 4.39 Å². The van der Waals surface area contributed by atoms with Crippen molar-refractivity contribution in [3.8, 4) is 0 Å². The number of nitrogens with zero attached hydrogens (tertiary/aromatic N) is 3. The minimum Gasteiger partial charge on any atom is -0.359 e. The van der Waals surface area contributed by atoms with Gasteiger partial charge >= 0.3 is 0 Å². The Hall–Kier alpha value is -1.88. The molecule has 0 fully saturated rings. The lowest BCUT2D eigenvalue weighted by Gasteiger charge is -2.05. The van der Waals surface area contributed by atoms with Crippen LogP contribution in [0.2, 0.25) is 0 Å². The Bertz CT molecular complexity index is 778. The lowest BCUT2D eigenvalue weighted by molar-refractivity contribution is 0.373. The van der Waals surface area contributed by atoms with Crippen molar-refractivity contribution in [1.82, 2.24) is 14.7 Å². The second-order valence-corrected chi connectivity index (χ2v) is 5.04. The Morgan fingerprint density at radius 1 is 1.30 bits per heavy atom. The van der Waals surface area contributed by atoms with E-state index >= 15 is 0 Å². The summed E-state index contributed by atoms with van der Waals surface area (Å²) in [6, 6.07) is 5.07. The van der Waals surface area contributed by atoms with E-state index in [1.165, 1.54) is 6.07 Å². The van der Waals surface area contributed by atoms with E-state index in [4.69, 9.17) is 16.1 Å². The van der Waals surface area contributed by atoms with Gasteiger partial charge in [-0.1, -0.05) is 5.16 Å². The number of alkyl halides is 1. The van der Waals surface area contributed by atoms with Crippen molar-refractivity contribution >= 4 is 22.6 Å². The molecule has 3 aromatic rings. The average molecular weight is 294 g/mol. The van der Waals surface area contributed by atoms with Crippen molar-refractivity contribution in [2.75, 3.05) is 0 Å². The molecule has 3 rings (SSSR count). The smallest absolute Gasteiger partial charge is 0.156 e. The van der Waals surface area contributed by atoms with Crippen LogP contribution in [-0.4, -0.2) is 14.7 Å². The van der Waals surface area contributed by atoms with E-state index < -0.39 is 0 Å². The maximum absolute atomic E-state index is 13.6. The number of hydrogen-bond acceptors (Lipinski definition) is 3. The lowest BCUT2D eigenvalue weighted by atomic mass is 10.2. The summed E-state index contributed by atoms with van der Waals surface area (Å²) < 4.78 is 20.8. The topological polar surface area (TPSA) is 43.9 Å². The highest BCUT2D eigenvalue weighted by Gasteiger charge is 2.14. The van der Waals surface area contributed by atoms with Crippen LogP contribution in [0.4, 0.5) is 4.39 Å². The summed E-state index contributed by atoms with van der Waals surface area (Å²) in [6.45, 7) is 4.07. The fourth-order valence-electron chi connectivity index (χ4n) is 2.23. The van der Waals surface area contributed by atoms with Gasteiger partial charge < -0.3 is 9.09 Å². The van der Waals surface area contributed by atoms with E-state index in [-0.39, 0.29) is 11.7 Å². The van der Waals surface area contributed by atoms with Gasteiger partial charge in [-0.05, 0) is 25.5 Å². The SMILES string of the molecule is Cc1cc(Cn2c(CCl)nc3cc(F)c(C)cc32)on1. The molecular formula is C14H13ClFN3O. The summed E-state index contributed by atoms with van der Waals surface area (Å²) in [5.74, 6) is 1.39. The molecule has 104 valence electrons. The molecule has 0 saturated heterocycles. The van der Waals surface area contributed by atoms with Crippen LogP contribution in [0.1, 0.15) is 22.8 Å². The summed E-state index contributed by atoms with van der Waals surface area (Å²) in [5, 5.41) is 3.86. The molecular weight excluding hydrogens is 281 g/mol. The van der Waals surface area contributed by atoms with Gasteiger partial charge in [-0.3, -0.25) is 0 Å². The lowest BCUT2D eigenvalue weighted by Crippen LogP contribution is -2.03. The van der Waals surface area contributed by atoms with Gasteiger partial charge in [-0.25, -0.2) is 9.37 Å². The molecule has 0 N–H and O–H groups in total. The standard InChI is InChI=1S/C14H13ClFN3O/c1-8-3-13-12(5-11(8)16)17-14(6-15)19(13)7-10-4-9(2)18-20-10/h3-5H,6-7H2,1-2H3. The summed E-state index contributed by atoms with van der Waals surface area (Å²) in [5.41, 5.74) is 2.83. The summed E-state index contributed by atoms with van der Waals surface area (Å²) in [4.78, 5) is 4.37. The minimum atomic E-state index is -0.265. The molecule has 0 aliphatic carbocycles. The van der Waals surface area contributed by atoms with Crippen LogP contribution in [-0.2, 0) is 12.4 Å². The average Bonchev–Trinajstić information content (AvgIpc) is 2.96. The highest BCUT2D eigenvalue weighted by atomic mass is 35.5. The molecule has 0 unspecified atom stereocenters. The zero-order valence-corrected chi connectivity index (χ0v) is 11.9. The van der Waals surface area contributed by atoms with Gasteiger partial charge in [0.2, 0.25) is 0 Å². The number of hydrogen-bond donors (Lipinski definition) is 0. The van der Waals surface area contributed by atoms with Crippen LogP contribution in [0.3, 0.4) is 0 Å². The predicted molar refractivity (Wildman–Crippen MR) is 74.3 cm³/mol. The third-order valence-electron chi connectivity index (χ3n) is 3.22. The highest BCUT2D eigenvalue weighted by Crippen LogP contribution is 2.22. The number of benzene rings is 1. The Balaban J connectivity index is 2.14. The summed E-state index contributed by atoms with van der Waals surface area (Å²) in [7, 11) is 0. The van der Waals surface area contributed by atoms with E-state index in [1.807, 2.05) is 17.6 Å². The molecule has 0 atom stereocenters. The van der Waals surface area contributed by atoms with Crippen molar-refractivity contribution in [3.63, 3.8) is 0 Å². The first-order valence-corrected chi connectivity index (χ1v) is 6.75. The fourth-order valence-corrected chi connectivity index (χ4v) is 2.43. The summed E-state index contributed by atoms with van der Waals surface area (Å²) >= 11 is 5.93. The number of imidazole rings is 1. The van der Waals surface area contributed by atoms with Gasteiger partial charge in [0.05, 0.1) is 29.2 Å². The maximum atomic E-state index is 13.6. The molecule has 2 aromatic heterocycles. The number of halogens is 2. The zero-order valence-electron chi connectivity index (χ0n) is 11.2. The van der Waals surface area contributed by atoms with Crippen LogP contribution in [0, 0.1) is 19.7 Å². The van der Waals surface area contributed by atoms with Crippen LogP contribution in [0.15, 0.2) is 22.7 Å². The van der Waals surface area contributed by atoms with Gasteiger partial charge in [-0.15, -0.1) is 11.6 Å². The van der Waals surface area contributed by atoms with E-state index in [0.29, 0.717) is 23.4 Å². The first kappa shape index (κ1) is 13.1. The first-order valence-electron chi connectivity index (χ1n) is 6.22. The normalized spacial score (nSPS) is 11.4. The molecule has 4 nitrogen and oxygen atoms in total. The Morgan fingerprint density at radius 2 is 2.10 bits per heavy atom. The van der Waals surface area contributed by atoms with Gasteiger partial charge in [0.15, 0.2) is 5.76 Å². The Labute approximate surface area is 120 Å². The van der Waals surface area contributed by atoms with Gasteiger partial charge in [-0.2, -0.15) is 0 Å². The number of aryl methyl sites for hydroxylation is 2.